The second kappa shape index (κ2) is 5.88. The molecule has 0 bridgehead atoms. The molecule has 3 nitrogen and oxygen atoms in total. The summed E-state index contributed by atoms with van der Waals surface area (Å²) in [5, 5.41) is 0. The smallest absolute Gasteiger partial charge is 0.0611 e. The van der Waals surface area contributed by atoms with Gasteiger partial charge in [0.05, 0.1) is 6.61 Å². The fraction of sp³-hybridized carbons (Fsp3) is 1.00. The van der Waals surface area contributed by atoms with Crippen LogP contribution in [0.1, 0.15) is 6.92 Å². The van der Waals surface area contributed by atoms with Gasteiger partial charge >= 0.3 is 0 Å². The summed E-state index contributed by atoms with van der Waals surface area (Å²) in [6, 6.07) is 0.176. The molecule has 0 saturated heterocycles. The van der Waals surface area contributed by atoms with Gasteiger partial charge in [-0.3, -0.25) is 0 Å². The average Bonchev–Trinajstić information content (AvgIpc) is 1.35. The second-order valence-electron chi connectivity index (χ2n) is 1.43. The molecule has 0 heterocycles. The third kappa shape index (κ3) is 10.7. The maximum atomic E-state index is 5.28. The summed E-state index contributed by atoms with van der Waals surface area (Å²) in [5.74, 6) is 0. The van der Waals surface area contributed by atoms with Crippen LogP contribution in [0.5, 0.6) is 0 Å². The predicted octanol–water partition coefficient (Wildman–Crippen LogP) is -0.845. The minimum Gasteiger partial charge on any atom is -0.412 e. The van der Waals surface area contributed by atoms with Crippen molar-refractivity contribution < 1.29 is 10.2 Å². The lowest BCUT2D eigenvalue weighted by molar-refractivity contribution is 0.185. The van der Waals surface area contributed by atoms with E-state index < -0.39 is 0 Å². The first-order valence-corrected chi connectivity index (χ1v) is 2.02. The van der Waals surface area contributed by atoms with E-state index in [2.05, 4.69) is 4.74 Å². The minimum atomic E-state index is 0. The number of hydrogen-bond donors (Lipinski definition) is 1. The van der Waals surface area contributed by atoms with Gasteiger partial charge in [0.25, 0.3) is 0 Å². The fourth-order valence-corrected chi connectivity index (χ4v) is 0.263. The van der Waals surface area contributed by atoms with E-state index in [-0.39, 0.29) is 11.5 Å². The van der Waals surface area contributed by atoms with E-state index in [1.54, 1.807) is 7.11 Å². The molecule has 0 rings (SSSR count). The van der Waals surface area contributed by atoms with Crippen molar-refractivity contribution in [3.63, 3.8) is 0 Å². The molecule has 0 radical (unpaired) electrons. The highest BCUT2D eigenvalue weighted by Crippen LogP contribution is 1.71. The Kier molecular flexibility index (Phi) is 8.39. The van der Waals surface area contributed by atoms with Gasteiger partial charge in [0.15, 0.2) is 0 Å². The van der Waals surface area contributed by atoms with Crippen LogP contribution in [0, 0.1) is 0 Å². The lowest BCUT2D eigenvalue weighted by Gasteiger charge is -1.98. The largest absolute Gasteiger partial charge is 0.412 e. The Morgan fingerprint density at radius 1 is 1.71 bits per heavy atom. The van der Waals surface area contributed by atoms with Crippen molar-refractivity contribution in [2.24, 2.45) is 5.73 Å². The van der Waals surface area contributed by atoms with Gasteiger partial charge in [-0.05, 0) is 6.92 Å². The average molecular weight is 107 g/mol. The van der Waals surface area contributed by atoms with Crippen molar-refractivity contribution in [1.29, 1.82) is 0 Å². The first-order chi connectivity index (χ1) is 2.77. The maximum Gasteiger partial charge on any atom is 0.0611 e. The van der Waals surface area contributed by atoms with Crippen molar-refractivity contribution in [1.82, 2.24) is 0 Å². The molecule has 0 aliphatic carbocycles. The molecule has 0 saturated carbocycles. The second-order valence-corrected chi connectivity index (χ2v) is 1.43. The van der Waals surface area contributed by atoms with E-state index in [0.29, 0.717) is 6.61 Å². The zero-order valence-electron chi connectivity index (χ0n) is 4.77. The number of ether oxygens (including phenoxy) is 1. The Bertz CT molecular complexity index is 30.9. The molecule has 0 fully saturated rings. The molecular formula is C4H13NO2. The zero-order chi connectivity index (χ0) is 4.99. The van der Waals surface area contributed by atoms with Gasteiger partial charge in [-0.2, -0.15) is 0 Å². The van der Waals surface area contributed by atoms with Crippen LogP contribution >= 0.6 is 0 Å². The zero-order valence-corrected chi connectivity index (χ0v) is 4.77. The van der Waals surface area contributed by atoms with Crippen LogP contribution in [-0.4, -0.2) is 25.2 Å². The van der Waals surface area contributed by atoms with Gasteiger partial charge in [-0.1, -0.05) is 0 Å². The van der Waals surface area contributed by atoms with Gasteiger partial charge in [0.1, 0.15) is 0 Å². The van der Waals surface area contributed by atoms with Crippen molar-refractivity contribution in [3.05, 3.63) is 0 Å². The molecule has 0 amide bonds. The molecule has 0 aromatic rings. The topological polar surface area (TPSA) is 66.8 Å². The Morgan fingerprint density at radius 3 is 2.14 bits per heavy atom. The molecule has 0 aliphatic rings. The molecule has 0 spiro atoms. The number of hydrogen-bond acceptors (Lipinski definition) is 2. The first-order valence-electron chi connectivity index (χ1n) is 2.02. The molecule has 0 aromatic heterocycles. The maximum absolute atomic E-state index is 5.28. The highest BCUT2D eigenvalue weighted by molar-refractivity contribution is 4.45. The highest BCUT2D eigenvalue weighted by Gasteiger charge is 1.85. The third-order valence-corrected chi connectivity index (χ3v) is 0.430. The van der Waals surface area contributed by atoms with Crippen LogP contribution in [0.4, 0.5) is 0 Å². The summed E-state index contributed by atoms with van der Waals surface area (Å²) in [5.41, 5.74) is 5.28. The normalized spacial score (nSPS) is 12.4. The van der Waals surface area contributed by atoms with Crippen molar-refractivity contribution in [2.45, 2.75) is 13.0 Å². The van der Waals surface area contributed by atoms with E-state index >= 15 is 0 Å². The Balaban J connectivity index is 0. The summed E-state index contributed by atoms with van der Waals surface area (Å²) in [7, 11) is 1.64. The summed E-state index contributed by atoms with van der Waals surface area (Å²) >= 11 is 0. The fourth-order valence-electron chi connectivity index (χ4n) is 0.263. The van der Waals surface area contributed by atoms with Gasteiger partial charge in [0.2, 0.25) is 0 Å². The molecule has 1 unspecified atom stereocenters. The number of nitrogens with two attached hydrogens (primary N) is 1. The van der Waals surface area contributed by atoms with Crippen LogP contribution in [0.25, 0.3) is 0 Å². The SMILES string of the molecule is COCC(C)N.O. The lowest BCUT2D eigenvalue weighted by Crippen LogP contribution is -2.20. The van der Waals surface area contributed by atoms with Crippen LogP contribution in [0.2, 0.25) is 0 Å². The molecular weight excluding hydrogens is 94.0 g/mol. The molecule has 46 valence electrons. The lowest BCUT2D eigenvalue weighted by atomic mass is 10.4. The van der Waals surface area contributed by atoms with E-state index in [1.807, 2.05) is 6.92 Å². The van der Waals surface area contributed by atoms with Crippen molar-refractivity contribution in [3.8, 4) is 0 Å². The summed E-state index contributed by atoms with van der Waals surface area (Å²) < 4.78 is 4.68. The van der Waals surface area contributed by atoms with Gasteiger partial charge in [-0.25, -0.2) is 0 Å². The summed E-state index contributed by atoms with van der Waals surface area (Å²) in [4.78, 5) is 0. The quantitative estimate of drug-likeness (QED) is 0.499. The summed E-state index contributed by atoms with van der Waals surface area (Å²) in [6.07, 6.45) is 0. The van der Waals surface area contributed by atoms with Crippen molar-refractivity contribution >= 4 is 0 Å². The molecule has 3 heteroatoms. The monoisotopic (exact) mass is 107 g/mol. The molecule has 7 heavy (non-hydrogen) atoms. The Labute approximate surface area is 43.8 Å². The van der Waals surface area contributed by atoms with E-state index in [1.165, 1.54) is 0 Å². The van der Waals surface area contributed by atoms with E-state index in [0.717, 1.165) is 0 Å². The third-order valence-electron chi connectivity index (χ3n) is 0.430. The number of rotatable bonds is 2. The van der Waals surface area contributed by atoms with Crippen molar-refractivity contribution in [2.75, 3.05) is 13.7 Å². The molecule has 4 N–H and O–H groups in total. The Hall–Kier alpha value is -0.120. The number of methoxy groups -OCH3 is 1. The van der Waals surface area contributed by atoms with Crippen LogP contribution in [0.3, 0.4) is 0 Å². The molecule has 0 aromatic carbocycles. The van der Waals surface area contributed by atoms with E-state index in [4.69, 9.17) is 5.73 Å². The summed E-state index contributed by atoms with van der Waals surface area (Å²) in [6.45, 7) is 2.56. The van der Waals surface area contributed by atoms with Gasteiger partial charge in [0, 0.05) is 13.2 Å². The van der Waals surface area contributed by atoms with Gasteiger partial charge < -0.3 is 15.9 Å². The van der Waals surface area contributed by atoms with Gasteiger partial charge in [-0.15, -0.1) is 0 Å². The van der Waals surface area contributed by atoms with E-state index in [9.17, 15) is 0 Å². The standard InChI is InChI=1S/C4H11NO.H2O/c1-4(5)3-6-2;/h4H,3,5H2,1-2H3;1H2. The molecule has 1 atom stereocenters. The Morgan fingerprint density at radius 2 is 2.14 bits per heavy atom. The highest BCUT2D eigenvalue weighted by atomic mass is 16.5. The first kappa shape index (κ1) is 9.99. The predicted molar refractivity (Wildman–Crippen MR) is 29.1 cm³/mol. The van der Waals surface area contributed by atoms with Crippen LogP contribution in [-0.2, 0) is 4.74 Å². The minimum absolute atomic E-state index is 0. The molecule has 0 aliphatic heterocycles. The van der Waals surface area contributed by atoms with Crippen LogP contribution in [0.15, 0.2) is 0 Å². The van der Waals surface area contributed by atoms with Crippen LogP contribution < -0.4 is 5.73 Å².